The minimum atomic E-state index is 0.140. The number of benzene rings is 2. The first-order valence-corrected chi connectivity index (χ1v) is 11.7. The van der Waals surface area contributed by atoms with Gasteiger partial charge in [0.15, 0.2) is 0 Å². The van der Waals surface area contributed by atoms with Crippen molar-refractivity contribution in [2.75, 3.05) is 31.1 Å². The van der Waals surface area contributed by atoms with Crippen LogP contribution in [-0.4, -0.2) is 40.6 Å². The highest BCUT2D eigenvalue weighted by atomic mass is 35.5. The Morgan fingerprint density at radius 3 is 2.56 bits per heavy atom. The number of hydrogen-bond donors (Lipinski definition) is 0. The number of imidazole rings is 1. The van der Waals surface area contributed by atoms with E-state index in [4.69, 9.17) is 23.2 Å². The molecule has 0 radical (unpaired) electrons. The van der Waals surface area contributed by atoms with Gasteiger partial charge in [0.05, 0.1) is 34.1 Å². The highest BCUT2D eigenvalue weighted by Gasteiger charge is 2.29. The summed E-state index contributed by atoms with van der Waals surface area (Å²) in [5.41, 5.74) is 3.81. The van der Waals surface area contributed by atoms with E-state index in [0.717, 1.165) is 61.4 Å². The third-order valence-corrected chi connectivity index (χ3v) is 6.61. The lowest BCUT2D eigenvalue weighted by molar-refractivity contribution is 0.215. The molecule has 0 spiro atoms. The molecule has 1 aromatic heterocycles. The number of piperazine rings is 1. The van der Waals surface area contributed by atoms with Crippen molar-refractivity contribution < 1.29 is 0 Å². The lowest BCUT2D eigenvalue weighted by Crippen LogP contribution is -2.49. The molecule has 1 aliphatic heterocycles. The van der Waals surface area contributed by atoms with Crippen molar-refractivity contribution in [2.24, 2.45) is 0 Å². The van der Waals surface area contributed by atoms with Crippen LogP contribution in [0.1, 0.15) is 35.6 Å². The zero-order chi connectivity index (χ0) is 22.7. The Labute approximate surface area is 199 Å². The van der Waals surface area contributed by atoms with Crippen molar-refractivity contribution in [1.82, 2.24) is 14.5 Å². The molecule has 0 bridgehead atoms. The Morgan fingerprint density at radius 1 is 1.09 bits per heavy atom. The molecule has 3 aromatic rings. The van der Waals surface area contributed by atoms with Crippen LogP contribution in [0.15, 0.2) is 48.7 Å². The van der Waals surface area contributed by atoms with E-state index in [1.54, 1.807) is 6.07 Å². The molecule has 1 saturated heterocycles. The molecule has 32 heavy (non-hydrogen) atoms. The van der Waals surface area contributed by atoms with Crippen molar-refractivity contribution in [2.45, 2.75) is 32.9 Å². The lowest BCUT2D eigenvalue weighted by Gasteiger charge is -2.43. The fourth-order valence-corrected chi connectivity index (χ4v) is 4.85. The van der Waals surface area contributed by atoms with Crippen LogP contribution >= 0.6 is 23.2 Å². The average Bonchev–Trinajstić information content (AvgIpc) is 3.17. The van der Waals surface area contributed by atoms with Crippen LogP contribution in [0.25, 0.3) is 0 Å². The van der Waals surface area contributed by atoms with E-state index in [-0.39, 0.29) is 6.04 Å². The minimum Gasteiger partial charge on any atom is -0.361 e. The fourth-order valence-electron chi connectivity index (χ4n) is 4.43. The first-order valence-electron chi connectivity index (χ1n) is 10.9. The molecule has 0 unspecified atom stereocenters. The summed E-state index contributed by atoms with van der Waals surface area (Å²) in [5.74, 6) is 1.14. The smallest absolute Gasteiger partial charge is 0.108 e. The van der Waals surface area contributed by atoms with Crippen molar-refractivity contribution in [1.29, 1.82) is 5.26 Å². The van der Waals surface area contributed by atoms with Gasteiger partial charge in [-0.15, -0.1) is 0 Å². The molecule has 4 rings (SSSR count). The summed E-state index contributed by atoms with van der Waals surface area (Å²) in [4.78, 5) is 9.48. The first kappa shape index (κ1) is 22.7. The Bertz CT molecular complexity index is 1120. The number of anilines is 1. The molecule has 0 amide bonds. The van der Waals surface area contributed by atoms with E-state index >= 15 is 0 Å². The monoisotopic (exact) mass is 467 g/mol. The highest BCUT2D eigenvalue weighted by molar-refractivity contribution is 6.33. The van der Waals surface area contributed by atoms with Gasteiger partial charge in [-0.05, 0) is 42.8 Å². The summed E-state index contributed by atoms with van der Waals surface area (Å²) in [6.45, 7) is 8.75. The van der Waals surface area contributed by atoms with Gasteiger partial charge in [0, 0.05) is 50.4 Å². The largest absolute Gasteiger partial charge is 0.361 e. The molecule has 0 aliphatic carbocycles. The molecule has 2 aromatic carbocycles. The second-order valence-corrected chi connectivity index (χ2v) is 9.03. The van der Waals surface area contributed by atoms with Gasteiger partial charge in [0.25, 0.3) is 0 Å². The second kappa shape index (κ2) is 9.95. The van der Waals surface area contributed by atoms with E-state index < -0.39 is 0 Å². The van der Waals surface area contributed by atoms with Crippen LogP contribution in [0.2, 0.25) is 10.0 Å². The fraction of sp³-hybridized carbons (Fsp3) is 0.360. The molecule has 7 heteroatoms. The summed E-state index contributed by atoms with van der Waals surface area (Å²) in [7, 11) is 0. The minimum absolute atomic E-state index is 0.140. The van der Waals surface area contributed by atoms with Gasteiger partial charge in [0.1, 0.15) is 5.82 Å². The molecule has 0 N–H and O–H groups in total. The molecule has 1 aliphatic rings. The Morgan fingerprint density at radius 2 is 1.88 bits per heavy atom. The van der Waals surface area contributed by atoms with Crippen LogP contribution in [0.5, 0.6) is 0 Å². The summed E-state index contributed by atoms with van der Waals surface area (Å²) < 4.78 is 2.27. The number of nitrogens with zero attached hydrogens (tertiary/aromatic N) is 5. The van der Waals surface area contributed by atoms with Gasteiger partial charge >= 0.3 is 0 Å². The summed E-state index contributed by atoms with van der Waals surface area (Å²) >= 11 is 12.7. The van der Waals surface area contributed by atoms with Crippen molar-refractivity contribution >= 4 is 28.9 Å². The quantitative estimate of drug-likeness (QED) is 0.480. The number of nitriles is 1. The maximum atomic E-state index is 9.20. The number of halogens is 2. The molecular weight excluding hydrogens is 441 g/mol. The topological polar surface area (TPSA) is 48.1 Å². The van der Waals surface area contributed by atoms with Crippen molar-refractivity contribution in [3.63, 3.8) is 0 Å². The van der Waals surface area contributed by atoms with Crippen LogP contribution in [-0.2, 0) is 13.0 Å². The Kier molecular flexibility index (Phi) is 7.05. The van der Waals surface area contributed by atoms with Crippen LogP contribution < -0.4 is 4.90 Å². The second-order valence-electron chi connectivity index (χ2n) is 8.18. The number of aryl methyl sites for hydroxylation is 2. The van der Waals surface area contributed by atoms with Gasteiger partial charge < -0.3 is 9.47 Å². The average molecular weight is 468 g/mol. The van der Waals surface area contributed by atoms with E-state index in [1.807, 2.05) is 31.2 Å². The standard InChI is InChI=1S/C25H27Cl2N5/c1-3-25-29-18(2)16-31(25)12-10-30-11-13-32(23-9-4-19(15-28)14-22(23)27)24(17-30)20-5-7-21(26)8-6-20/h4-9,14,16,24H,3,10-13,17H2,1-2H3/t24-/m0/s1. The zero-order valence-corrected chi connectivity index (χ0v) is 19.9. The zero-order valence-electron chi connectivity index (χ0n) is 18.4. The van der Waals surface area contributed by atoms with E-state index in [1.165, 1.54) is 5.56 Å². The molecular formula is C25H27Cl2N5. The van der Waals surface area contributed by atoms with Crippen LogP contribution in [0.3, 0.4) is 0 Å². The predicted molar refractivity (Wildman–Crippen MR) is 130 cm³/mol. The van der Waals surface area contributed by atoms with Crippen molar-refractivity contribution in [3.8, 4) is 6.07 Å². The number of aromatic nitrogens is 2. The molecule has 1 atom stereocenters. The Balaban J connectivity index is 1.56. The molecule has 2 heterocycles. The maximum absolute atomic E-state index is 9.20. The number of hydrogen-bond acceptors (Lipinski definition) is 4. The maximum Gasteiger partial charge on any atom is 0.108 e. The third kappa shape index (κ3) is 4.94. The lowest BCUT2D eigenvalue weighted by atomic mass is 10.0. The molecule has 166 valence electrons. The van der Waals surface area contributed by atoms with Gasteiger partial charge in [-0.2, -0.15) is 5.26 Å². The van der Waals surface area contributed by atoms with E-state index in [0.29, 0.717) is 10.6 Å². The van der Waals surface area contributed by atoms with Crippen molar-refractivity contribution in [3.05, 3.63) is 81.4 Å². The van der Waals surface area contributed by atoms with Gasteiger partial charge in [0.2, 0.25) is 0 Å². The van der Waals surface area contributed by atoms with Crippen LogP contribution in [0.4, 0.5) is 5.69 Å². The highest BCUT2D eigenvalue weighted by Crippen LogP contribution is 2.36. The van der Waals surface area contributed by atoms with Gasteiger partial charge in [-0.1, -0.05) is 42.3 Å². The molecule has 1 fully saturated rings. The third-order valence-electron chi connectivity index (χ3n) is 6.06. The normalized spacial score (nSPS) is 16.8. The Hall–Kier alpha value is -2.52. The SMILES string of the molecule is CCc1nc(C)cn1CCN1CCN(c2ccc(C#N)cc2Cl)[C@H](c2ccc(Cl)cc2)C1. The van der Waals surface area contributed by atoms with Gasteiger partial charge in [-0.3, -0.25) is 4.90 Å². The summed E-state index contributed by atoms with van der Waals surface area (Å²) in [6.07, 6.45) is 3.08. The molecule has 0 saturated carbocycles. The first-order chi connectivity index (χ1) is 15.5. The summed E-state index contributed by atoms with van der Waals surface area (Å²) in [6, 6.07) is 15.9. The molecule has 5 nitrogen and oxygen atoms in total. The number of rotatable bonds is 6. The van der Waals surface area contributed by atoms with Gasteiger partial charge in [-0.25, -0.2) is 4.98 Å². The summed E-state index contributed by atoms with van der Waals surface area (Å²) in [5, 5.41) is 10.5. The van der Waals surface area contributed by atoms with Crippen LogP contribution in [0, 0.1) is 18.3 Å². The van der Waals surface area contributed by atoms with E-state index in [2.05, 4.69) is 50.7 Å². The predicted octanol–water partition coefficient (Wildman–Crippen LogP) is 5.50. The van der Waals surface area contributed by atoms with E-state index in [9.17, 15) is 5.26 Å².